The molecule has 2 aromatic carbocycles. The fourth-order valence-electron chi connectivity index (χ4n) is 4.16. The third-order valence-corrected chi connectivity index (χ3v) is 5.75. The third kappa shape index (κ3) is 4.46. The lowest BCUT2D eigenvalue weighted by Gasteiger charge is -2.24. The average Bonchev–Trinajstić information content (AvgIpc) is 2.89. The Hall–Kier alpha value is -2.92. The maximum absolute atomic E-state index is 12.8. The van der Waals surface area contributed by atoms with E-state index in [9.17, 15) is 9.59 Å². The molecule has 0 radical (unpaired) electrons. The number of carbonyl (C=O) groups is 2. The molecule has 5 nitrogen and oxygen atoms in total. The molecule has 2 aromatic rings. The summed E-state index contributed by atoms with van der Waals surface area (Å²) in [4.78, 5) is 29.0. The highest BCUT2D eigenvalue weighted by Gasteiger charge is 2.38. The lowest BCUT2D eigenvalue weighted by atomic mass is 9.83. The van der Waals surface area contributed by atoms with Crippen LogP contribution in [0.5, 0.6) is 0 Å². The van der Waals surface area contributed by atoms with Gasteiger partial charge in [-0.2, -0.15) is 0 Å². The molecular weight excluding hydrogens is 374 g/mol. The molecule has 0 saturated carbocycles. The van der Waals surface area contributed by atoms with Crippen molar-refractivity contribution in [1.82, 2.24) is 4.90 Å². The molecular formula is C25H31N3O2. The molecule has 0 fully saturated rings. The van der Waals surface area contributed by atoms with E-state index in [1.165, 1.54) is 5.56 Å². The molecule has 0 bridgehead atoms. The van der Waals surface area contributed by atoms with Gasteiger partial charge in [0, 0.05) is 35.6 Å². The molecule has 0 atom stereocenters. The van der Waals surface area contributed by atoms with E-state index in [4.69, 9.17) is 0 Å². The fourth-order valence-corrected chi connectivity index (χ4v) is 4.16. The first-order valence-electron chi connectivity index (χ1n) is 10.4. The molecule has 1 N–H and O–H groups in total. The number of likely N-dealkylation sites (N-methyl/N-ethyl adjacent to an activating group) is 2. The van der Waals surface area contributed by atoms with Crippen LogP contribution in [0.2, 0.25) is 0 Å². The monoisotopic (exact) mass is 405 g/mol. The van der Waals surface area contributed by atoms with Gasteiger partial charge in [0.2, 0.25) is 5.91 Å². The number of rotatable bonds is 7. The summed E-state index contributed by atoms with van der Waals surface area (Å²) in [5, 5.41) is 2.96. The Morgan fingerprint density at radius 3 is 2.43 bits per heavy atom. The van der Waals surface area contributed by atoms with E-state index < -0.39 is 0 Å². The second-order valence-electron chi connectivity index (χ2n) is 8.43. The topological polar surface area (TPSA) is 52.7 Å². The fraction of sp³-hybridized carbons (Fsp3) is 0.360. The van der Waals surface area contributed by atoms with Crippen LogP contribution >= 0.6 is 0 Å². The zero-order valence-electron chi connectivity index (χ0n) is 18.5. The van der Waals surface area contributed by atoms with Crippen molar-refractivity contribution in [3.63, 3.8) is 0 Å². The van der Waals surface area contributed by atoms with E-state index in [1.807, 2.05) is 43.4 Å². The number of allylic oxidation sites excluding steroid dienone is 1. The second kappa shape index (κ2) is 8.84. The van der Waals surface area contributed by atoms with Crippen LogP contribution in [0.3, 0.4) is 0 Å². The number of benzene rings is 2. The van der Waals surface area contributed by atoms with Gasteiger partial charge in [-0.05, 0) is 36.7 Å². The third-order valence-electron chi connectivity index (χ3n) is 5.75. The van der Waals surface area contributed by atoms with E-state index in [1.54, 1.807) is 18.0 Å². The molecule has 3 rings (SSSR count). The molecule has 0 unspecified atom stereocenters. The van der Waals surface area contributed by atoms with E-state index in [-0.39, 0.29) is 30.2 Å². The Labute approximate surface area is 179 Å². The van der Waals surface area contributed by atoms with E-state index in [2.05, 4.69) is 43.1 Å². The highest BCUT2D eigenvalue weighted by molar-refractivity contribution is 5.96. The number of hydrogen-bond acceptors (Lipinski definition) is 4. The number of ketones is 1. The van der Waals surface area contributed by atoms with Crippen LogP contribution in [0.1, 0.15) is 31.9 Å². The molecule has 0 aromatic heterocycles. The maximum Gasteiger partial charge on any atom is 0.238 e. The maximum atomic E-state index is 12.8. The number of para-hydroxylation sites is 2. The number of anilines is 2. The van der Waals surface area contributed by atoms with Crippen molar-refractivity contribution in [2.45, 2.75) is 32.6 Å². The number of nitrogens with zero attached hydrogens (tertiary/aromatic N) is 2. The summed E-state index contributed by atoms with van der Waals surface area (Å²) in [6.07, 6.45) is 2.57. The van der Waals surface area contributed by atoms with Gasteiger partial charge in [0.05, 0.1) is 13.1 Å². The van der Waals surface area contributed by atoms with Gasteiger partial charge in [0.15, 0.2) is 5.78 Å². The van der Waals surface area contributed by atoms with Crippen molar-refractivity contribution in [2.75, 3.05) is 37.4 Å². The van der Waals surface area contributed by atoms with Gasteiger partial charge in [-0.25, -0.2) is 0 Å². The number of carbonyl (C=O) groups excluding carboxylic acids is 2. The van der Waals surface area contributed by atoms with Crippen LogP contribution in [-0.4, -0.2) is 43.8 Å². The van der Waals surface area contributed by atoms with Crippen molar-refractivity contribution in [3.8, 4) is 0 Å². The van der Waals surface area contributed by atoms with Crippen molar-refractivity contribution in [3.05, 3.63) is 71.4 Å². The SMILES string of the molecule is CCc1ccccc1NC(=O)CN(C)CC(=O)/C=C1/N(C)c2ccccc2C1(C)C. The summed E-state index contributed by atoms with van der Waals surface area (Å²) < 4.78 is 0. The Morgan fingerprint density at radius 1 is 1.07 bits per heavy atom. The molecule has 1 aliphatic rings. The first-order valence-corrected chi connectivity index (χ1v) is 10.4. The number of fused-ring (bicyclic) bond motifs is 1. The predicted octanol–water partition coefficient (Wildman–Crippen LogP) is 4.00. The number of nitrogens with one attached hydrogen (secondary N) is 1. The smallest absolute Gasteiger partial charge is 0.238 e. The van der Waals surface area contributed by atoms with Gasteiger partial charge in [0.1, 0.15) is 0 Å². The predicted molar refractivity (Wildman–Crippen MR) is 123 cm³/mol. The van der Waals surface area contributed by atoms with Gasteiger partial charge >= 0.3 is 0 Å². The molecule has 0 aliphatic carbocycles. The zero-order chi connectivity index (χ0) is 21.9. The minimum Gasteiger partial charge on any atom is -0.347 e. The van der Waals surface area contributed by atoms with E-state index in [0.29, 0.717) is 0 Å². The summed E-state index contributed by atoms with van der Waals surface area (Å²) in [5.41, 5.74) is 5.02. The van der Waals surface area contributed by atoms with Crippen LogP contribution < -0.4 is 10.2 Å². The van der Waals surface area contributed by atoms with Crippen molar-refractivity contribution >= 4 is 23.1 Å². The van der Waals surface area contributed by atoms with Crippen LogP contribution in [0, 0.1) is 0 Å². The van der Waals surface area contributed by atoms with Gasteiger partial charge in [-0.15, -0.1) is 0 Å². The molecule has 5 heteroatoms. The quantitative estimate of drug-likeness (QED) is 0.708. The molecule has 158 valence electrons. The normalized spacial score (nSPS) is 16.1. The molecule has 0 saturated heterocycles. The average molecular weight is 406 g/mol. The minimum absolute atomic E-state index is 0.0120. The summed E-state index contributed by atoms with van der Waals surface area (Å²) >= 11 is 0. The molecule has 0 spiro atoms. The van der Waals surface area contributed by atoms with Crippen LogP contribution in [0.25, 0.3) is 0 Å². The van der Waals surface area contributed by atoms with Crippen LogP contribution in [0.4, 0.5) is 11.4 Å². The Balaban J connectivity index is 1.63. The zero-order valence-corrected chi connectivity index (χ0v) is 18.5. The van der Waals surface area contributed by atoms with Gasteiger partial charge < -0.3 is 10.2 Å². The number of hydrogen-bond donors (Lipinski definition) is 1. The molecule has 1 amide bonds. The number of aryl methyl sites for hydroxylation is 1. The molecule has 30 heavy (non-hydrogen) atoms. The van der Waals surface area contributed by atoms with Gasteiger partial charge in [-0.3, -0.25) is 14.5 Å². The first kappa shape index (κ1) is 21.8. The largest absolute Gasteiger partial charge is 0.347 e. The van der Waals surface area contributed by atoms with Gasteiger partial charge in [0.25, 0.3) is 0 Å². The Bertz CT molecular complexity index is 978. The summed E-state index contributed by atoms with van der Waals surface area (Å²) in [7, 11) is 3.79. The first-order chi connectivity index (χ1) is 14.2. The van der Waals surface area contributed by atoms with Crippen molar-refractivity contribution < 1.29 is 9.59 Å². The molecule has 1 heterocycles. The Morgan fingerprint density at radius 2 is 1.73 bits per heavy atom. The minimum atomic E-state index is -0.235. The summed E-state index contributed by atoms with van der Waals surface area (Å²) in [6.45, 7) is 6.68. The molecule has 1 aliphatic heterocycles. The van der Waals surface area contributed by atoms with Crippen molar-refractivity contribution in [2.24, 2.45) is 0 Å². The second-order valence-corrected chi connectivity index (χ2v) is 8.43. The highest BCUT2D eigenvalue weighted by Crippen LogP contribution is 2.46. The van der Waals surface area contributed by atoms with Crippen LogP contribution in [-0.2, 0) is 21.4 Å². The summed E-state index contributed by atoms with van der Waals surface area (Å²) in [5.74, 6) is -0.133. The van der Waals surface area contributed by atoms with Crippen molar-refractivity contribution in [1.29, 1.82) is 0 Å². The van der Waals surface area contributed by atoms with E-state index in [0.717, 1.165) is 29.1 Å². The van der Waals surface area contributed by atoms with E-state index >= 15 is 0 Å². The summed E-state index contributed by atoms with van der Waals surface area (Å²) in [6, 6.07) is 16.0. The van der Waals surface area contributed by atoms with Gasteiger partial charge in [-0.1, -0.05) is 57.2 Å². The Kier molecular flexibility index (Phi) is 6.42. The highest BCUT2D eigenvalue weighted by atomic mass is 16.2. The number of amides is 1. The van der Waals surface area contributed by atoms with Crippen LogP contribution in [0.15, 0.2) is 60.3 Å². The standard InChI is InChI=1S/C25H31N3O2/c1-6-18-11-7-9-13-21(18)26-24(30)17-27(4)16-19(29)15-23-25(2,3)20-12-8-10-14-22(20)28(23)5/h7-15H,6,16-17H2,1-5H3,(H,26,30)/b23-15+. The lowest BCUT2D eigenvalue weighted by molar-refractivity contribution is -0.118. The lowest BCUT2D eigenvalue weighted by Crippen LogP contribution is -2.34.